The Bertz CT molecular complexity index is 578. The fourth-order valence-electron chi connectivity index (χ4n) is 1.62. The fraction of sp³-hybridized carbons (Fsp3) is 0.154. The molecule has 100 valence electrons. The van der Waals surface area contributed by atoms with Gasteiger partial charge < -0.3 is 14.6 Å². The van der Waals surface area contributed by atoms with Crippen LogP contribution >= 0.6 is 23.2 Å². The minimum atomic E-state index is -1.05. The summed E-state index contributed by atoms with van der Waals surface area (Å²) in [6, 6.07) is 1.55. The third kappa shape index (κ3) is 2.69. The lowest BCUT2D eigenvalue weighted by atomic mass is 10.1. The predicted octanol–water partition coefficient (Wildman–Crippen LogP) is 3.42. The Balaban J connectivity index is 2.51. The monoisotopic (exact) mass is 300 g/mol. The summed E-state index contributed by atoms with van der Waals surface area (Å²) in [6.45, 7) is 3.75. The fourth-order valence-corrected chi connectivity index (χ4v) is 2.22. The van der Waals surface area contributed by atoms with Gasteiger partial charge in [-0.15, -0.1) is 0 Å². The van der Waals surface area contributed by atoms with Crippen molar-refractivity contribution in [1.29, 1.82) is 0 Å². The molecular formula is C13H10Cl2O4. The number of hydrogen-bond acceptors (Lipinski definition) is 3. The maximum absolute atomic E-state index is 10.9. The topological polar surface area (TPSA) is 55.8 Å². The molecule has 1 aliphatic rings. The Labute approximate surface area is 119 Å². The average Bonchev–Trinajstić information content (AvgIpc) is 2.38. The van der Waals surface area contributed by atoms with Crippen molar-refractivity contribution in [1.82, 2.24) is 0 Å². The minimum absolute atomic E-state index is 0.0259. The number of benzene rings is 1. The summed E-state index contributed by atoms with van der Waals surface area (Å²) in [5, 5.41) is 9.49. The molecule has 0 bridgehead atoms. The van der Waals surface area contributed by atoms with Crippen LogP contribution in [0, 0.1) is 0 Å². The molecule has 0 fully saturated rings. The molecule has 4 nitrogen and oxygen atoms in total. The highest BCUT2D eigenvalue weighted by Gasteiger charge is 2.23. The molecule has 0 unspecified atom stereocenters. The molecule has 1 aliphatic heterocycles. The number of carboxylic acids is 1. The van der Waals surface area contributed by atoms with Gasteiger partial charge in [-0.3, -0.25) is 0 Å². The summed E-state index contributed by atoms with van der Waals surface area (Å²) >= 11 is 12.2. The molecule has 0 aromatic heterocycles. The molecule has 0 radical (unpaired) electrons. The van der Waals surface area contributed by atoms with Gasteiger partial charge >= 0.3 is 5.97 Å². The number of carboxylic acid groups (broad SMARTS) is 1. The van der Waals surface area contributed by atoms with Crippen LogP contribution in [-0.2, 0) is 4.79 Å². The zero-order valence-electron chi connectivity index (χ0n) is 9.78. The lowest BCUT2D eigenvalue weighted by molar-refractivity contribution is -0.132. The van der Waals surface area contributed by atoms with Crippen molar-refractivity contribution < 1.29 is 19.4 Å². The molecule has 0 amide bonds. The first-order valence-electron chi connectivity index (χ1n) is 5.37. The normalized spacial score (nSPS) is 13.1. The smallest absolute Gasteiger partial charge is 0.335 e. The largest absolute Gasteiger partial charge is 0.488 e. The van der Waals surface area contributed by atoms with Crippen molar-refractivity contribution in [3.63, 3.8) is 0 Å². The summed E-state index contributed by atoms with van der Waals surface area (Å²) in [6.07, 6.45) is 3.02. The summed E-state index contributed by atoms with van der Waals surface area (Å²) in [5.74, 6) is -0.329. The summed E-state index contributed by atoms with van der Waals surface area (Å²) in [5.41, 5.74) is 0.570. The first-order valence-corrected chi connectivity index (χ1v) is 6.12. The van der Waals surface area contributed by atoms with E-state index >= 15 is 0 Å². The third-order valence-electron chi connectivity index (χ3n) is 2.50. The van der Waals surface area contributed by atoms with Crippen LogP contribution in [0.2, 0.25) is 10.0 Å². The van der Waals surface area contributed by atoms with E-state index in [9.17, 15) is 4.79 Å². The van der Waals surface area contributed by atoms with E-state index in [2.05, 4.69) is 6.58 Å². The predicted molar refractivity (Wildman–Crippen MR) is 73.3 cm³/mol. The van der Waals surface area contributed by atoms with Crippen molar-refractivity contribution in [2.45, 2.75) is 0 Å². The van der Waals surface area contributed by atoms with Gasteiger partial charge in [0, 0.05) is 11.6 Å². The Morgan fingerprint density at radius 2 is 2.32 bits per heavy atom. The van der Waals surface area contributed by atoms with Crippen molar-refractivity contribution in [2.75, 3.05) is 13.2 Å². The van der Waals surface area contributed by atoms with Gasteiger partial charge in [-0.2, -0.15) is 0 Å². The van der Waals surface area contributed by atoms with Crippen molar-refractivity contribution >= 4 is 35.2 Å². The van der Waals surface area contributed by atoms with E-state index in [4.69, 9.17) is 37.8 Å². The molecule has 1 N–H and O–H groups in total. The molecule has 0 atom stereocenters. The number of rotatable bonds is 4. The van der Waals surface area contributed by atoms with Gasteiger partial charge in [-0.05, 0) is 6.08 Å². The van der Waals surface area contributed by atoms with Crippen molar-refractivity contribution in [2.24, 2.45) is 0 Å². The van der Waals surface area contributed by atoms with Gasteiger partial charge in [0.05, 0.1) is 15.6 Å². The van der Waals surface area contributed by atoms with E-state index < -0.39 is 5.97 Å². The number of ether oxygens (including phenoxy) is 2. The van der Waals surface area contributed by atoms with E-state index in [1.807, 2.05) is 0 Å². The molecule has 19 heavy (non-hydrogen) atoms. The molecule has 0 spiro atoms. The van der Waals surface area contributed by atoms with Crippen LogP contribution in [0.25, 0.3) is 6.08 Å². The SMILES string of the molecule is C=CCOc1c(Cl)cc2c(c1Cl)C=C(C(=O)O)CO2. The van der Waals surface area contributed by atoms with E-state index in [0.29, 0.717) is 16.3 Å². The second-order valence-electron chi connectivity index (χ2n) is 3.78. The van der Waals surface area contributed by atoms with E-state index in [-0.39, 0.29) is 29.6 Å². The van der Waals surface area contributed by atoms with Crippen LogP contribution in [-0.4, -0.2) is 24.3 Å². The lowest BCUT2D eigenvalue weighted by Crippen LogP contribution is -2.14. The minimum Gasteiger partial charge on any atom is -0.488 e. The molecule has 0 aliphatic carbocycles. The number of carbonyl (C=O) groups is 1. The van der Waals surface area contributed by atoms with Gasteiger partial charge in [0.15, 0.2) is 5.75 Å². The Morgan fingerprint density at radius 3 is 2.95 bits per heavy atom. The maximum atomic E-state index is 10.9. The first kappa shape index (κ1) is 13.8. The molecule has 6 heteroatoms. The number of aliphatic carboxylic acids is 1. The van der Waals surface area contributed by atoms with Gasteiger partial charge in [0.2, 0.25) is 0 Å². The van der Waals surface area contributed by atoms with E-state index in [1.54, 1.807) is 12.1 Å². The van der Waals surface area contributed by atoms with Crippen LogP contribution < -0.4 is 9.47 Å². The average molecular weight is 301 g/mol. The second kappa shape index (κ2) is 5.55. The number of halogens is 2. The standard InChI is InChI=1S/C13H10Cl2O4/c1-2-3-18-12-9(14)5-10-8(11(12)15)4-7(6-19-10)13(16)17/h2,4-5H,1,3,6H2,(H,16,17). The maximum Gasteiger partial charge on any atom is 0.335 e. The van der Waals surface area contributed by atoms with Gasteiger partial charge in [0.25, 0.3) is 0 Å². The Hall–Kier alpha value is -1.65. The Morgan fingerprint density at radius 1 is 1.58 bits per heavy atom. The number of fused-ring (bicyclic) bond motifs is 1. The lowest BCUT2D eigenvalue weighted by Gasteiger charge is -2.19. The molecule has 0 saturated heterocycles. The molecule has 2 rings (SSSR count). The zero-order chi connectivity index (χ0) is 14.0. The second-order valence-corrected chi connectivity index (χ2v) is 4.56. The van der Waals surface area contributed by atoms with Crippen LogP contribution in [0.4, 0.5) is 0 Å². The highest BCUT2D eigenvalue weighted by Crippen LogP contribution is 2.43. The Kier molecular flexibility index (Phi) is 4.02. The summed E-state index contributed by atoms with van der Waals surface area (Å²) in [4.78, 5) is 10.9. The van der Waals surface area contributed by atoms with Crippen LogP contribution in [0.5, 0.6) is 11.5 Å². The van der Waals surface area contributed by atoms with E-state index in [0.717, 1.165) is 0 Å². The van der Waals surface area contributed by atoms with Crippen molar-refractivity contribution in [3.8, 4) is 11.5 Å². The molecule has 0 saturated carbocycles. The molecular weight excluding hydrogens is 291 g/mol. The third-order valence-corrected chi connectivity index (χ3v) is 3.15. The summed E-state index contributed by atoms with van der Waals surface area (Å²) < 4.78 is 10.7. The highest BCUT2D eigenvalue weighted by molar-refractivity contribution is 6.38. The van der Waals surface area contributed by atoms with E-state index in [1.165, 1.54) is 6.08 Å². The summed E-state index contributed by atoms with van der Waals surface area (Å²) in [7, 11) is 0. The highest BCUT2D eigenvalue weighted by atomic mass is 35.5. The van der Waals surface area contributed by atoms with Gasteiger partial charge in [-0.25, -0.2) is 4.79 Å². The molecule has 1 aromatic rings. The molecule has 1 aromatic carbocycles. The van der Waals surface area contributed by atoms with Crippen LogP contribution in [0.15, 0.2) is 24.3 Å². The quantitative estimate of drug-likeness (QED) is 0.866. The number of hydrogen-bond donors (Lipinski definition) is 1. The zero-order valence-corrected chi connectivity index (χ0v) is 11.3. The first-order chi connectivity index (χ1) is 9.04. The van der Waals surface area contributed by atoms with Gasteiger partial charge in [-0.1, -0.05) is 35.9 Å². The van der Waals surface area contributed by atoms with Crippen molar-refractivity contribution in [3.05, 3.63) is 39.9 Å². The molecule has 1 heterocycles. The van der Waals surface area contributed by atoms with Crippen LogP contribution in [0.3, 0.4) is 0 Å². The van der Waals surface area contributed by atoms with Gasteiger partial charge in [0.1, 0.15) is 19.0 Å². The van der Waals surface area contributed by atoms with Crippen LogP contribution in [0.1, 0.15) is 5.56 Å².